The van der Waals surface area contributed by atoms with Gasteiger partial charge in [-0.05, 0) is 34.1 Å². The van der Waals surface area contributed by atoms with Gasteiger partial charge in [-0.1, -0.05) is 24.3 Å². The van der Waals surface area contributed by atoms with Crippen LogP contribution < -0.4 is 0 Å². The number of fused-ring (bicyclic) bond motifs is 1. The second-order valence-electron chi connectivity index (χ2n) is 7.88. The summed E-state index contributed by atoms with van der Waals surface area (Å²) < 4.78 is 22.0. The van der Waals surface area contributed by atoms with E-state index >= 15 is 0 Å². The summed E-state index contributed by atoms with van der Waals surface area (Å²) in [4.78, 5) is 43.9. The maximum absolute atomic E-state index is 14.8. The van der Waals surface area contributed by atoms with Crippen LogP contribution in [-0.2, 0) is 27.3 Å². The fourth-order valence-electron chi connectivity index (χ4n) is 4.23. The van der Waals surface area contributed by atoms with Crippen LogP contribution in [0.4, 0.5) is 4.39 Å². The molecule has 3 heterocycles. The summed E-state index contributed by atoms with van der Waals surface area (Å²) in [6.45, 7) is 0.900. The molecule has 0 radical (unpaired) electrons. The number of alkyl halides is 1. The zero-order chi connectivity index (χ0) is 23.7. The van der Waals surface area contributed by atoms with Crippen molar-refractivity contribution in [1.29, 1.82) is 0 Å². The number of rotatable bonds is 7. The summed E-state index contributed by atoms with van der Waals surface area (Å²) in [6, 6.07) is 11.2. The molecule has 0 saturated carbocycles. The maximum Gasteiger partial charge on any atom is 0.245 e. The first-order chi connectivity index (χ1) is 15.8. The lowest BCUT2D eigenvalue weighted by molar-refractivity contribution is -0.140. The summed E-state index contributed by atoms with van der Waals surface area (Å²) in [5.74, 6) is -1.08. The minimum Gasteiger partial charge on any atom is -0.376 e. The van der Waals surface area contributed by atoms with Gasteiger partial charge in [-0.3, -0.25) is 19.1 Å². The van der Waals surface area contributed by atoms with Gasteiger partial charge in [0.15, 0.2) is 11.6 Å². The second kappa shape index (κ2) is 9.48. The molecule has 0 spiro atoms. The average Bonchev–Trinajstić information content (AvgIpc) is 3.31. The van der Waals surface area contributed by atoms with Gasteiger partial charge in [0.25, 0.3) is 0 Å². The zero-order valence-electron chi connectivity index (χ0n) is 18.1. The number of benzene rings is 1. The Bertz CT molecular complexity index is 1230. The van der Waals surface area contributed by atoms with Gasteiger partial charge in [-0.15, -0.1) is 0 Å². The van der Waals surface area contributed by atoms with Crippen molar-refractivity contribution in [3.05, 3.63) is 58.5 Å². The van der Waals surface area contributed by atoms with Crippen LogP contribution >= 0.6 is 15.9 Å². The average molecular weight is 517 g/mol. The molecule has 8 nitrogen and oxygen atoms in total. The SMILES string of the molecule is CO[C@H]1[C@@H](C(=O)Cc2cccc(Br)n2)N(C(=O)Cn2nc(C(C)=O)c3ccccc32)C[C@@H]1F. The second-order valence-corrected chi connectivity index (χ2v) is 8.69. The number of amides is 1. The number of likely N-dealkylation sites (tertiary alicyclic amines) is 1. The number of nitrogens with zero attached hydrogens (tertiary/aromatic N) is 4. The third-order valence-electron chi connectivity index (χ3n) is 5.70. The van der Waals surface area contributed by atoms with Crippen LogP contribution in [-0.4, -0.2) is 69.1 Å². The van der Waals surface area contributed by atoms with Crippen molar-refractivity contribution in [2.75, 3.05) is 13.7 Å². The molecule has 1 aliphatic rings. The molecule has 3 atom stereocenters. The molecule has 0 bridgehead atoms. The van der Waals surface area contributed by atoms with Crippen LogP contribution in [0, 0.1) is 0 Å². The number of methoxy groups -OCH3 is 1. The van der Waals surface area contributed by atoms with Gasteiger partial charge >= 0.3 is 0 Å². The van der Waals surface area contributed by atoms with E-state index in [4.69, 9.17) is 4.74 Å². The van der Waals surface area contributed by atoms with Gasteiger partial charge in [-0.25, -0.2) is 9.37 Å². The Morgan fingerprint density at radius 1 is 1.18 bits per heavy atom. The molecular weight excluding hydrogens is 495 g/mol. The van der Waals surface area contributed by atoms with Crippen molar-refractivity contribution in [2.45, 2.75) is 38.2 Å². The van der Waals surface area contributed by atoms with E-state index in [1.54, 1.807) is 42.5 Å². The van der Waals surface area contributed by atoms with Gasteiger partial charge in [0.1, 0.15) is 35.2 Å². The first-order valence-electron chi connectivity index (χ1n) is 10.4. The van der Waals surface area contributed by atoms with Crippen molar-refractivity contribution in [3.8, 4) is 0 Å². The minimum absolute atomic E-state index is 0.0698. The molecule has 0 unspecified atom stereocenters. The van der Waals surface area contributed by atoms with Crippen LogP contribution in [0.5, 0.6) is 0 Å². The maximum atomic E-state index is 14.8. The first kappa shape index (κ1) is 23.2. The minimum atomic E-state index is -1.51. The number of hydrogen-bond acceptors (Lipinski definition) is 6. The largest absolute Gasteiger partial charge is 0.376 e. The summed E-state index contributed by atoms with van der Waals surface area (Å²) in [7, 11) is 1.32. The molecule has 1 amide bonds. The fourth-order valence-corrected chi connectivity index (χ4v) is 4.61. The van der Waals surface area contributed by atoms with Gasteiger partial charge in [-0.2, -0.15) is 5.10 Å². The lowest BCUT2D eigenvalue weighted by atomic mass is 10.0. The molecule has 1 aromatic carbocycles. The summed E-state index contributed by atoms with van der Waals surface area (Å²) in [6.07, 6.45) is -2.65. The zero-order valence-corrected chi connectivity index (χ0v) is 19.7. The van der Waals surface area contributed by atoms with Crippen molar-refractivity contribution >= 4 is 44.3 Å². The summed E-state index contributed by atoms with van der Waals surface area (Å²) >= 11 is 3.27. The fraction of sp³-hybridized carbons (Fsp3) is 0.348. The van der Waals surface area contributed by atoms with Gasteiger partial charge in [0, 0.05) is 25.1 Å². The Morgan fingerprint density at radius 3 is 2.64 bits per heavy atom. The number of carbonyl (C=O) groups is 3. The molecule has 2 aromatic heterocycles. The molecule has 0 aliphatic carbocycles. The lowest BCUT2D eigenvalue weighted by Crippen LogP contribution is -2.47. The van der Waals surface area contributed by atoms with E-state index in [1.807, 2.05) is 0 Å². The third kappa shape index (κ3) is 4.58. The van der Waals surface area contributed by atoms with Crippen LogP contribution in [0.2, 0.25) is 0 Å². The number of para-hydroxylation sites is 1. The van der Waals surface area contributed by atoms with Crippen molar-refractivity contribution < 1.29 is 23.5 Å². The molecule has 1 saturated heterocycles. The van der Waals surface area contributed by atoms with E-state index in [0.29, 0.717) is 21.2 Å². The van der Waals surface area contributed by atoms with E-state index in [0.717, 1.165) is 0 Å². The topological polar surface area (TPSA) is 94.4 Å². The van der Waals surface area contributed by atoms with Crippen LogP contribution in [0.3, 0.4) is 0 Å². The smallest absolute Gasteiger partial charge is 0.245 e. The number of halogens is 2. The Labute approximate surface area is 197 Å². The molecule has 3 aromatic rings. The summed E-state index contributed by atoms with van der Waals surface area (Å²) in [5, 5.41) is 4.93. The molecule has 172 valence electrons. The van der Waals surface area contributed by atoms with Crippen molar-refractivity contribution in [1.82, 2.24) is 19.7 Å². The Balaban J connectivity index is 1.61. The Kier molecular flexibility index (Phi) is 6.66. The molecule has 1 fully saturated rings. The molecule has 1 aliphatic heterocycles. The standard InChI is InChI=1S/C23H22BrFN4O4/c1-13(30)21-15-7-3-4-8-17(15)29(27-21)12-20(32)28-11-16(25)23(33-2)22(28)18(31)10-14-6-5-9-19(24)26-14/h3-9,16,22-23H,10-12H2,1-2H3/t16-,22+,23+/m0/s1. The van der Waals surface area contributed by atoms with Crippen molar-refractivity contribution in [3.63, 3.8) is 0 Å². The van der Waals surface area contributed by atoms with E-state index in [9.17, 15) is 18.8 Å². The number of pyridine rings is 1. The van der Waals surface area contributed by atoms with E-state index in [2.05, 4.69) is 26.0 Å². The first-order valence-corrected chi connectivity index (χ1v) is 11.2. The molecule has 10 heteroatoms. The van der Waals surface area contributed by atoms with E-state index < -0.39 is 24.2 Å². The van der Waals surface area contributed by atoms with Crippen LogP contribution in [0.1, 0.15) is 23.1 Å². The predicted octanol–water partition coefficient (Wildman–Crippen LogP) is 2.77. The highest BCUT2D eigenvalue weighted by molar-refractivity contribution is 9.10. The highest BCUT2D eigenvalue weighted by atomic mass is 79.9. The van der Waals surface area contributed by atoms with E-state index in [1.165, 1.54) is 23.6 Å². The number of hydrogen-bond donors (Lipinski definition) is 0. The molecule has 33 heavy (non-hydrogen) atoms. The number of carbonyl (C=O) groups excluding carboxylic acids is 3. The number of Topliss-reactive ketones (excluding diaryl/α,β-unsaturated/α-hetero) is 2. The van der Waals surface area contributed by atoms with Gasteiger partial charge in [0.05, 0.1) is 18.5 Å². The Hall–Kier alpha value is -2.98. The summed E-state index contributed by atoms with van der Waals surface area (Å²) in [5.41, 5.74) is 1.37. The Morgan fingerprint density at radius 2 is 1.94 bits per heavy atom. The van der Waals surface area contributed by atoms with Gasteiger partial charge < -0.3 is 9.64 Å². The van der Waals surface area contributed by atoms with Crippen molar-refractivity contribution in [2.24, 2.45) is 0 Å². The van der Waals surface area contributed by atoms with E-state index in [-0.39, 0.29) is 36.8 Å². The number of ketones is 2. The highest BCUT2D eigenvalue weighted by Gasteiger charge is 2.48. The quantitative estimate of drug-likeness (QED) is 0.354. The van der Waals surface area contributed by atoms with Gasteiger partial charge in [0.2, 0.25) is 5.91 Å². The molecule has 0 N–H and O–H groups in total. The number of ether oxygens (including phenoxy) is 1. The predicted molar refractivity (Wildman–Crippen MR) is 122 cm³/mol. The monoisotopic (exact) mass is 516 g/mol. The third-order valence-corrected chi connectivity index (χ3v) is 6.14. The van der Waals surface area contributed by atoms with Crippen LogP contribution in [0.15, 0.2) is 47.1 Å². The van der Waals surface area contributed by atoms with Crippen LogP contribution in [0.25, 0.3) is 10.9 Å². The number of aromatic nitrogens is 3. The molecule has 4 rings (SSSR count). The lowest BCUT2D eigenvalue weighted by Gasteiger charge is -2.26. The molecular formula is C23H22BrFN4O4. The highest BCUT2D eigenvalue weighted by Crippen LogP contribution is 2.27. The normalized spacial score (nSPS) is 20.4.